The second-order valence-corrected chi connectivity index (χ2v) is 10.2. The van der Waals surface area contributed by atoms with E-state index in [2.05, 4.69) is 22.5 Å². The fourth-order valence-electron chi connectivity index (χ4n) is 3.29. The van der Waals surface area contributed by atoms with Crippen molar-refractivity contribution in [2.45, 2.75) is 18.0 Å². The molecule has 1 amide bonds. The van der Waals surface area contributed by atoms with Gasteiger partial charge in [-0.2, -0.15) is 4.31 Å². The number of nitrogens with zero attached hydrogens (tertiary/aromatic N) is 3. The van der Waals surface area contributed by atoms with Crippen LogP contribution in [0.25, 0.3) is 0 Å². The van der Waals surface area contributed by atoms with Crippen LogP contribution < -0.4 is 0 Å². The average Bonchev–Trinajstić information content (AvgIpc) is 3.18. The smallest absolute Gasteiger partial charge is 0.243 e. The number of carbonyl (C=O) groups is 1. The molecule has 0 radical (unpaired) electrons. The highest BCUT2D eigenvalue weighted by molar-refractivity contribution is 9.10. The molecule has 2 aromatic carbocycles. The summed E-state index contributed by atoms with van der Waals surface area (Å²) in [6, 6.07) is 19.9. The highest BCUT2D eigenvalue weighted by Crippen LogP contribution is 2.20. The summed E-state index contributed by atoms with van der Waals surface area (Å²) >= 11 is 3.32. The fraction of sp³-hybridized carbons (Fsp3) is 0.208. The van der Waals surface area contributed by atoms with Gasteiger partial charge in [-0.1, -0.05) is 52.3 Å². The first-order chi connectivity index (χ1) is 15.3. The Hall–Kier alpha value is -2.68. The van der Waals surface area contributed by atoms with Crippen LogP contribution in [0.15, 0.2) is 95.0 Å². The molecule has 0 saturated heterocycles. The number of carbonyl (C=O) groups excluding carboxylic acids is 1. The zero-order chi connectivity index (χ0) is 23.1. The zero-order valence-electron chi connectivity index (χ0n) is 17.9. The first kappa shape index (κ1) is 24.0. The van der Waals surface area contributed by atoms with Gasteiger partial charge in [0.25, 0.3) is 0 Å². The Morgan fingerprint density at radius 3 is 2.31 bits per heavy atom. The van der Waals surface area contributed by atoms with Crippen molar-refractivity contribution in [3.05, 3.63) is 101 Å². The van der Waals surface area contributed by atoms with Crippen molar-refractivity contribution in [1.82, 2.24) is 13.8 Å². The second-order valence-electron chi connectivity index (χ2n) is 7.39. The first-order valence-corrected chi connectivity index (χ1v) is 12.3. The van der Waals surface area contributed by atoms with Crippen LogP contribution in [-0.4, -0.2) is 41.2 Å². The highest BCUT2D eigenvalue weighted by atomic mass is 79.9. The van der Waals surface area contributed by atoms with Crippen LogP contribution in [0.3, 0.4) is 0 Å². The third-order valence-corrected chi connectivity index (χ3v) is 7.42. The van der Waals surface area contributed by atoms with Gasteiger partial charge >= 0.3 is 0 Å². The van der Waals surface area contributed by atoms with Crippen molar-refractivity contribution in [3.8, 4) is 0 Å². The lowest BCUT2D eigenvalue weighted by Crippen LogP contribution is -2.42. The summed E-state index contributed by atoms with van der Waals surface area (Å²) in [5.74, 6) is -0.280. The normalized spacial score (nSPS) is 11.5. The van der Waals surface area contributed by atoms with Crippen LogP contribution in [0.2, 0.25) is 0 Å². The Bertz CT molecular complexity index is 1160. The fourth-order valence-corrected chi connectivity index (χ4v) is 4.92. The van der Waals surface area contributed by atoms with E-state index >= 15 is 0 Å². The molecule has 168 valence electrons. The number of sulfonamides is 1. The molecule has 3 rings (SSSR count). The average molecular weight is 516 g/mol. The van der Waals surface area contributed by atoms with Gasteiger partial charge < -0.3 is 9.47 Å². The summed E-state index contributed by atoms with van der Waals surface area (Å²) in [7, 11) is -1.94. The Kier molecular flexibility index (Phi) is 8.06. The molecular weight excluding hydrogens is 490 g/mol. The molecule has 6 nitrogen and oxygen atoms in total. The minimum atomic E-state index is -3.86. The van der Waals surface area contributed by atoms with Crippen molar-refractivity contribution in [1.29, 1.82) is 0 Å². The predicted molar refractivity (Wildman–Crippen MR) is 129 cm³/mol. The maximum absolute atomic E-state index is 13.4. The van der Waals surface area contributed by atoms with Crippen molar-refractivity contribution >= 4 is 31.9 Å². The van der Waals surface area contributed by atoms with Gasteiger partial charge in [0.2, 0.25) is 15.9 Å². The molecule has 8 heteroatoms. The Balaban J connectivity index is 1.86. The third-order valence-electron chi connectivity index (χ3n) is 5.07. The molecule has 0 aliphatic rings. The zero-order valence-corrected chi connectivity index (χ0v) is 20.3. The molecule has 1 aromatic heterocycles. The predicted octanol–water partition coefficient (Wildman–Crippen LogP) is 4.19. The Morgan fingerprint density at radius 1 is 1.03 bits per heavy atom. The number of hydrogen-bond donors (Lipinski definition) is 0. The van der Waals surface area contributed by atoms with Crippen LogP contribution >= 0.6 is 15.9 Å². The minimum absolute atomic E-state index is 0.0352. The van der Waals surface area contributed by atoms with E-state index < -0.39 is 10.0 Å². The second kappa shape index (κ2) is 10.8. The van der Waals surface area contributed by atoms with Gasteiger partial charge in [-0.3, -0.25) is 4.79 Å². The molecule has 0 aliphatic carbocycles. The van der Waals surface area contributed by atoms with E-state index in [1.807, 2.05) is 60.3 Å². The summed E-state index contributed by atoms with van der Waals surface area (Å²) in [4.78, 5) is 15.2. The Morgan fingerprint density at radius 2 is 1.72 bits per heavy atom. The quantitative estimate of drug-likeness (QED) is 0.380. The number of aromatic nitrogens is 1. The molecule has 0 saturated carbocycles. The van der Waals surface area contributed by atoms with Crippen LogP contribution in [-0.2, 0) is 35.0 Å². The molecule has 0 fully saturated rings. The molecule has 0 atom stereocenters. The summed E-state index contributed by atoms with van der Waals surface area (Å²) in [6.45, 7) is 4.18. The number of benzene rings is 2. The van der Waals surface area contributed by atoms with E-state index in [0.717, 1.165) is 20.0 Å². The van der Waals surface area contributed by atoms with Crippen LogP contribution in [0, 0.1) is 0 Å². The van der Waals surface area contributed by atoms with Gasteiger partial charge in [0.1, 0.15) is 0 Å². The van der Waals surface area contributed by atoms with Crippen molar-refractivity contribution < 1.29 is 13.2 Å². The summed E-state index contributed by atoms with van der Waals surface area (Å²) < 4.78 is 30.3. The largest absolute Gasteiger partial charge is 0.353 e. The van der Waals surface area contributed by atoms with Crippen molar-refractivity contribution in [2.24, 2.45) is 7.05 Å². The standard InChI is InChI=1S/C24H26BrN3O3S/c1-3-15-28(32(30,31)23-13-11-21(25)12-14-23)19-24(29)27(17-20-8-5-4-6-9-20)18-22-10-7-16-26(22)2/h3-14,16H,1,15,17-19H2,2H3. The lowest BCUT2D eigenvalue weighted by atomic mass is 10.2. The Labute approximate surface area is 198 Å². The van der Waals surface area contributed by atoms with E-state index in [9.17, 15) is 13.2 Å². The maximum Gasteiger partial charge on any atom is 0.243 e. The van der Waals surface area contributed by atoms with E-state index in [4.69, 9.17) is 0 Å². The van der Waals surface area contributed by atoms with Crippen molar-refractivity contribution in [2.75, 3.05) is 13.1 Å². The van der Waals surface area contributed by atoms with Gasteiger partial charge in [0, 0.05) is 36.5 Å². The topological polar surface area (TPSA) is 62.6 Å². The number of rotatable bonds is 10. The third kappa shape index (κ3) is 5.97. The summed E-state index contributed by atoms with van der Waals surface area (Å²) in [5.41, 5.74) is 1.93. The van der Waals surface area contributed by atoms with Gasteiger partial charge in [-0.15, -0.1) is 6.58 Å². The van der Waals surface area contributed by atoms with Crippen LogP contribution in [0.5, 0.6) is 0 Å². The van der Waals surface area contributed by atoms with E-state index in [-0.39, 0.29) is 23.9 Å². The molecule has 1 heterocycles. The molecule has 0 unspecified atom stereocenters. The van der Waals surface area contributed by atoms with E-state index in [0.29, 0.717) is 13.1 Å². The SMILES string of the molecule is C=CCN(CC(=O)N(Cc1ccccc1)Cc1cccn1C)S(=O)(=O)c1ccc(Br)cc1. The molecule has 0 bridgehead atoms. The first-order valence-electron chi connectivity index (χ1n) is 10.1. The monoisotopic (exact) mass is 515 g/mol. The van der Waals surface area contributed by atoms with Gasteiger partial charge in [-0.25, -0.2) is 8.42 Å². The van der Waals surface area contributed by atoms with E-state index in [1.54, 1.807) is 17.0 Å². The summed E-state index contributed by atoms with van der Waals surface area (Å²) in [6.07, 6.45) is 3.41. The number of halogens is 1. The minimum Gasteiger partial charge on any atom is -0.353 e. The highest BCUT2D eigenvalue weighted by Gasteiger charge is 2.28. The molecular formula is C24H26BrN3O3S. The maximum atomic E-state index is 13.4. The molecule has 0 N–H and O–H groups in total. The van der Waals surface area contributed by atoms with Gasteiger partial charge in [0.05, 0.1) is 18.0 Å². The lowest BCUT2D eigenvalue weighted by molar-refractivity contribution is -0.132. The van der Waals surface area contributed by atoms with Crippen LogP contribution in [0.1, 0.15) is 11.3 Å². The molecule has 32 heavy (non-hydrogen) atoms. The number of hydrogen-bond acceptors (Lipinski definition) is 3. The van der Waals surface area contributed by atoms with Crippen molar-refractivity contribution in [3.63, 3.8) is 0 Å². The van der Waals surface area contributed by atoms with Gasteiger partial charge in [0.15, 0.2) is 0 Å². The number of aryl methyl sites for hydroxylation is 1. The van der Waals surface area contributed by atoms with E-state index in [1.165, 1.54) is 18.2 Å². The molecule has 0 aliphatic heterocycles. The van der Waals surface area contributed by atoms with Crippen LogP contribution in [0.4, 0.5) is 0 Å². The molecule has 0 spiro atoms. The lowest BCUT2D eigenvalue weighted by Gasteiger charge is -2.27. The summed E-state index contributed by atoms with van der Waals surface area (Å²) in [5, 5.41) is 0. The van der Waals surface area contributed by atoms with Gasteiger partial charge in [-0.05, 0) is 42.0 Å². The molecule has 3 aromatic rings. The number of amides is 1.